The quantitative estimate of drug-likeness (QED) is 0.553. The van der Waals surface area contributed by atoms with Crippen LogP contribution in [0.5, 0.6) is 0 Å². The Hall–Kier alpha value is 0.0900. The van der Waals surface area contributed by atoms with Crippen molar-refractivity contribution in [2.75, 3.05) is 19.5 Å². The number of allylic oxidation sites excluding steroid dienone is 1. The molecule has 0 saturated heterocycles. The van der Waals surface area contributed by atoms with Crippen LogP contribution in [0.3, 0.4) is 0 Å². The zero-order chi connectivity index (χ0) is 9.33. The maximum atomic E-state index is 9.92. The minimum absolute atomic E-state index is 0.896. The van der Waals surface area contributed by atoms with Crippen LogP contribution in [0.1, 0.15) is 0 Å². The molecule has 0 aromatic heterocycles. The molecule has 0 heterocycles. The Balaban J connectivity index is 0. The van der Waals surface area contributed by atoms with E-state index >= 15 is 0 Å². The van der Waals surface area contributed by atoms with Gasteiger partial charge in [0, 0.05) is 5.33 Å². The summed E-state index contributed by atoms with van der Waals surface area (Å²) in [6.45, 7) is 3.43. The summed E-state index contributed by atoms with van der Waals surface area (Å²) in [6, 6.07) is 0. The van der Waals surface area contributed by atoms with E-state index in [1.807, 2.05) is 0 Å². The molecule has 0 rings (SSSR count). The summed E-state index contributed by atoms with van der Waals surface area (Å²) in [4.78, 5) is 0. The first-order valence-corrected chi connectivity index (χ1v) is 5.02. The van der Waals surface area contributed by atoms with Gasteiger partial charge in [-0.05, 0) is 0 Å². The molecule has 0 fully saturated rings. The van der Waals surface area contributed by atoms with E-state index in [9.17, 15) is 8.42 Å². The Morgan fingerprint density at radius 2 is 1.73 bits per heavy atom. The second-order valence-electron chi connectivity index (χ2n) is 1.18. The van der Waals surface area contributed by atoms with Gasteiger partial charge < -0.3 is 0 Å². The van der Waals surface area contributed by atoms with Gasteiger partial charge in [-0.3, -0.25) is 8.37 Å². The number of halogens is 1. The summed E-state index contributed by atoms with van der Waals surface area (Å²) >= 11 is 3.13. The molecule has 4 nitrogen and oxygen atoms in total. The Bertz CT molecular complexity index is 165. The van der Waals surface area contributed by atoms with E-state index in [-0.39, 0.29) is 0 Å². The molecular formula is C5H11BrO4S. The van der Waals surface area contributed by atoms with Gasteiger partial charge in [-0.25, -0.2) is 0 Å². The lowest BCUT2D eigenvalue weighted by Gasteiger charge is -1.91. The molecule has 0 aromatic carbocycles. The summed E-state index contributed by atoms with van der Waals surface area (Å²) in [5.74, 6) is 0. The van der Waals surface area contributed by atoms with Gasteiger partial charge in [-0.15, -0.1) is 6.58 Å². The fraction of sp³-hybridized carbons (Fsp3) is 0.600. The third-order valence-electron chi connectivity index (χ3n) is 0.517. The Kier molecular flexibility index (Phi) is 10.2. The largest absolute Gasteiger partial charge is 0.399 e. The van der Waals surface area contributed by atoms with Crippen LogP contribution in [0.2, 0.25) is 0 Å². The van der Waals surface area contributed by atoms with Crippen LogP contribution in [0.25, 0.3) is 0 Å². The van der Waals surface area contributed by atoms with Crippen molar-refractivity contribution >= 4 is 26.3 Å². The maximum absolute atomic E-state index is 9.92. The van der Waals surface area contributed by atoms with Gasteiger partial charge in [0.2, 0.25) is 0 Å². The van der Waals surface area contributed by atoms with Crippen molar-refractivity contribution in [1.82, 2.24) is 0 Å². The summed E-state index contributed by atoms with van der Waals surface area (Å²) in [7, 11) is -1.60. The molecule has 0 atom stereocenters. The average molecular weight is 247 g/mol. The van der Waals surface area contributed by atoms with Gasteiger partial charge in [0.25, 0.3) is 0 Å². The fourth-order valence-corrected chi connectivity index (χ4v) is 0.204. The van der Waals surface area contributed by atoms with Crippen LogP contribution in [0, 0.1) is 0 Å². The molecule has 0 unspecified atom stereocenters. The lowest BCUT2D eigenvalue weighted by Crippen LogP contribution is -2.02. The number of hydrogen-bond donors (Lipinski definition) is 0. The van der Waals surface area contributed by atoms with Crippen molar-refractivity contribution in [1.29, 1.82) is 0 Å². The lowest BCUT2D eigenvalue weighted by molar-refractivity contribution is 0.286. The highest BCUT2D eigenvalue weighted by atomic mass is 79.9. The first-order valence-electron chi connectivity index (χ1n) is 2.57. The molecule has 0 saturated carbocycles. The molecule has 0 aliphatic heterocycles. The molecular weight excluding hydrogens is 236 g/mol. The minimum Gasteiger partial charge on any atom is -0.252 e. The SMILES string of the molecule is C=CCBr.COS(=O)(=O)OC. The van der Waals surface area contributed by atoms with Crippen molar-refractivity contribution in [2.24, 2.45) is 0 Å². The van der Waals surface area contributed by atoms with Gasteiger partial charge in [-0.1, -0.05) is 22.0 Å². The van der Waals surface area contributed by atoms with Gasteiger partial charge in [0.1, 0.15) is 0 Å². The summed E-state index contributed by atoms with van der Waals surface area (Å²) in [5.41, 5.74) is 0. The molecule has 0 radical (unpaired) electrons. The van der Waals surface area contributed by atoms with Crippen molar-refractivity contribution < 1.29 is 16.8 Å². The predicted molar refractivity (Wildman–Crippen MR) is 46.9 cm³/mol. The highest BCUT2D eigenvalue weighted by Gasteiger charge is 2.01. The molecule has 0 aromatic rings. The van der Waals surface area contributed by atoms with E-state index < -0.39 is 10.4 Å². The second-order valence-corrected chi connectivity index (χ2v) is 3.32. The summed E-state index contributed by atoms with van der Waals surface area (Å²) in [6.07, 6.45) is 1.79. The van der Waals surface area contributed by atoms with Crippen molar-refractivity contribution in [3.8, 4) is 0 Å². The van der Waals surface area contributed by atoms with E-state index in [4.69, 9.17) is 0 Å². The van der Waals surface area contributed by atoms with Gasteiger partial charge >= 0.3 is 10.4 Å². The van der Waals surface area contributed by atoms with Gasteiger partial charge in [-0.2, -0.15) is 8.42 Å². The van der Waals surface area contributed by atoms with E-state index in [1.165, 1.54) is 0 Å². The van der Waals surface area contributed by atoms with Crippen LogP contribution in [-0.2, 0) is 18.8 Å². The molecule has 0 aliphatic carbocycles. The number of alkyl halides is 1. The Labute approximate surface area is 75.7 Å². The predicted octanol–water partition coefficient (Wildman–Crippen LogP) is 1.09. The third-order valence-corrected chi connectivity index (χ3v) is 1.79. The molecule has 6 heteroatoms. The van der Waals surface area contributed by atoms with Crippen LogP contribution in [0.15, 0.2) is 12.7 Å². The summed E-state index contributed by atoms with van der Waals surface area (Å²) < 4.78 is 27.5. The van der Waals surface area contributed by atoms with Gasteiger partial charge in [0.15, 0.2) is 0 Å². The summed E-state index contributed by atoms with van der Waals surface area (Å²) in [5, 5.41) is 0.896. The maximum Gasteiger partial charge on any atom is 0.399 e. The molecule has 0 spiro atoms. The first kappa shape index (κ1) is 13.7. The van der Waals surface area contributed by atoms with Crippen LogP contribution in [-0.4, -0.2) is 28.0 Å². The highest BCUT2D eigenvalue weighted by molar-refractivity contribution is 9.09. The van der Waals surface area contributed by atoms with Crippen molar-refractivity contribution in [3.05, 3.63) is 12.7 Å². The standard InChI is InChI=1S/C3H5Br.C2H6O4S/c1-2-3-4;1-5-7(3,4)6-2/h2H,1,3H2;1-2H3. The molecule has 68 valence electrons. The monoisotopic (exact) mass is 246 g/mol. The Morgan fingerprint density at radius 1 is 1.45 bits per heavy atom. The molecule has 0 N–H and O–H groups in total. The lowest BCUT2D eigenvalue weighted by atomic mass is 10.8. The highest BCUT2D eigenvalue weighted by Crippen LogP contribution is 1.85. The molecule has 0 aliphatic rings. The third kappa shape index (κ3) is 13.1. The zero-order valence-electron chi connectivity index (χ0n) is 6.41. The Morgan fingerprint density at radius 3 is 1.73 bits per heavy atom. The minimum atomic E-state index is -3.66. The zero-order valence-corrected chi connectivity index (χ0v) is 8.81. The molecule has 11 heavy (non-hydrogen) atoms. The molecule has 0 amide bonds. The van der Waals surface area contributed by atoms with Crippen LogP contribution < -0.4 is 0 Å². The van der Waals surface area contributed by atoms with Crippen LogP contribution in [0.4, 0.5) is 0 Å². The number of hydrogen-bond acceptors (Lipinski definition) is 4. The van der Waals surface area contributed by atoms with Crippen molar-refractivity contribution in [3.63, 3.8) is 0 Å². The van der Waals surface area contributed by atoms with E-state index in [2.05, 4.69) is 30.9 Å². The second kappa shape index (κ2) is 8.19. The van der Waals surface area contributed by atoms with E-state index in [0.29, 0.717) is 0 Å². The normalized spacial score (nSPS) is 9.73. The number of rotatable bonds is 3. The topological polar surface area (TPSA) is 52.6 Å². The molecule has 0 bridgehead atoms. The van der Waals surface area contributed by atoms with E-state index in [0.717, 1.165) is 19.5 Å². The van der Waals surface area contributed by atoms with Gasteiger partial charge in [0.05, 0.1) is 14.2 Å². The smallest absolute Gasteiger partial charge is 0.252 e. The first-order chi connectivity index (χ1) is 5.04. The van der Waals surface area contributed by atoms with Crippen molar-refractivity contribution in [2.45, 2.75) is 0 Å². The fourth-order valence-electron chi connectivity index (χ4n) is 0.0680. The van der Waals surface area contributed by atoms with Crippen LogP contribution >= 0.6 is 15.9 Å². The average Bonchev–Trinajstić information content (AvgIpc) is 2.05. The van der Waals surface area contributed by atoms with E-state index in [1.54, 1.807) is 6.08 Å².